The minimum absolute atomic E-state index is 0.0365. The van der Waals surface area contributed by atoms with Crippen molar-refractivity contribution in [1.29, 1.82) is 0 Å². The van der Waals surface area contributed by atoms with Crippen LogP contribution in [0.2, 0.25) is 0 Å². The number of aromatic amines is 1. The first kappa shape index (κ1) is 31.5. The van der Waals surface area contributed by atoms with Crippen molar-refractivity contribution in [2.24, 2.45) is 11.3 Å². The van der Waals surface area contributed by atoms with Gasteiger partial charge in [-0.3, -0.25) is 33.0 Å². The van der Waals surface area contributed by atoms with Gasteiger partial charge in [-0.25, -0.2) is 14.4 Å². The van der Waals surface area contributed by atoms with E-state index in [1.54, 1.807) is 34.6 Å². The van der Waals surface area contributed by atoms with Gasteiger partial charge in [-0.1, -0.05) is 39.5 Å². The third kappa shape index (κ3) is 9.81. The highest BCUT2D eigenvalue weighted by Gasteiger charge is 2.37. The van der Waals surface area contributed by atoms with E-state index < -0.39 is 48.8 Å². The van der Waals surface area contributed by atoms with Crippen molar-refractivity contribution in [3.63, 3.8) is 0 Å². The van der Waals surface area contributed by atoms with E-state index in [1.807, 2.05) is 6.92 Å². The van der Waals surface area contributed by atoms with E-state index >= 15 is 0 Å². The average Bonchev–Trinajstić information content (AvgIpc) is 3.14. The molecular weight excluding hydrogens is 525 g/mol. The first-order valence-electron chi connectivity index (χ1n) is 12.1. The fraction of sp³-hybridized carbons (Fsp3) is 0.739. The smallest absolute Gasteiger partial charge is 0.406 e. The molecule has 0 aliphatic carbocycles. The Morgan fingerprint density at radius 1 is 1.27 bits per heavy atom. The fourth-order valence-electron chi connectivity index (χ4n) is 3.42. The number of carbonyl (C=O) groups is 2. The van der Waals surface area contributed by atoms with E-state index in [0.29, 0.717) is 6.42 Å². The molecule has 12 nitrogen and oxygen atoms in total. The van der Waals surface area contributed by atoms with Crippen molar-refractivity contribution in [3.8, 4) is 0 Å². The molecule has 0 radical (unpaired) electrons. The van der Waals surface area contributed by atoms with E-state index in [9.17, 15) is 23.7 Å². The number of nitrogens with zero attached hydrogens (tertiary/aromatic N) is 1. The van der Waals surface area contributed by atoms with Crippen LogP contribution in [0.1, 0.15) is 61.1 Å². The molecule has 0 amide bonds. The van der Waals surface area contributed by atoms with Crippen LogP contribution in [-0.2, 0) is 32.7 Å². The van der Waals surface area contributed by atoms with Gasteiger partial charge in [0.05, 0.1) is 25.4 Å². The summed E-state index contributed by atoms with van der Waals surface area (Å²) in [6.45, 7) is 11.9. The summed E-state index contributed by atoms with van der Waals surface area (Å²) in [7, 11) is -4.02. The first-order chi connectivity index (χ1) is 17.1. The molecule has 37 heavy (non-hydrogen) atoms. The Balaban J connectivity index is 2.05. The molecule has 1 aromatic rings. The Bertz CT molecular complexity index is 1100. The van der Waals surface area contributed by atoms with Gasteiger partial charge in [-0.2, -0.15) is 0 Å². The van der Waals surface area contributed by atoms with Gasteiger partial charge in [0.2, 0.25) is 0 Å². The molecule has 2 N–H and O–H groups in total. The maximum atomic E-state index is 13.5. The van der Waals surface area contributed by atoms with Crippen LogP contribution in [0.3, 0.4) is 0 Å². The predicted molar refractivity (Wildman–Crippen MR) is 139 cm³/mol. The monoisotopic (exact) mass is 563 g/mol. The number of hydrogen-bond donors (Lipinski definition) is 2. The Labute approximate surface area is 220 Å². The van der Waals surface area contributed by atoms with E-state index in [-0.39, 0.29) is 36.1 Å². The average molecular weight is 564 g/mol. The first-order valence-corrected chi connectivity index (χ1v) is 14.7. The summed E-state index contributed by atoms with van der Waals surface area (Å²) in [5, 5.41) is 2.57. The molecule has 5 atom stereocenters. The van der Waals surface area contributed by atoms with Gasteiger partial charge in [-0.05, 0) is 27.2 Å². The lowest BCUT2D eigenvalue weighted by molar-refractivity contribution is -0.149. The van der Waals surface area contributed by atoms with Crippen molar-refractivity contribution in [2.75, 3.05) is 19.0 Å². The van der Waals surface area contributed by atoms with Gasteiger partial charge >= 0.3 is 19.4 Å². The second-order valence-corrected chi connectivity index (χ2v) is 13.1. The molecule has 1 aromatic heterocycles. The molecule has 1 saturated heterocycles. The van der Waals surface area contributed by atoms with Crippen molar-refractivity contribution >= 4 is 30.6 Å². The topological polar surface area (TPSA) is 155 Å². The quantitative estimate of drug-likeness (QED) is 0.219. The minimum Gasteiger partial charge on any atom is -0.462 e. The van der Waals surface area contributed by atoms with E-state index in [2.05, 4.69) is 10.1 Å². The normalized spacial score (nSPS) is 22.5. The summed E-state index contributed by atoms with van der Waals surface area (Å²) in [5.41, 5.74) is -1.64. The second kappa shape index (κ2) is 13.3. The summed E-state index contributed by atoms with van der Waals surface area (Å²) in [6, 6.07) is 0.237. The summed E-state index contributed by atoms with van der Waals surface area (Å²) in [6.07, 6.45) is 0.300. The molecule has 1 fully saturated rings. The fourth-order valence-corrected chi connectivity index (χ4v) is 5.82. The molecule has 2 unspecified atom stereocenters. The molecule has 1 aliphatic rings. The maximum absolute atomic E-state index is 13.5. The molecule has 2 heterocycles. The summed E-state index contributed by atoms with van der Waals surface area (Å²) >= 11 is 1.06. The maximum Gasteiger partial charge on any atom is 0.406 e. The van der Waals surface area contributed by atoms with Crippen LogP contribution >= 0.6 is 19.5 Å². The highest BCUT2D eigenvalue weighted by atomic mass is 32.2. The largest absolute Gasteiger partial charge is 0.462 e. The molecule has 14 heteroatoms. The van der Waals surface area contributed by atoms with Gasteiger partial charge in [0, 0.05) is 29.3 Å². The van der Waals surface area contributed by atoms with E-state index in [1.165, 1.54) is 23.8 Å². The Morgan fingerprint density at radius 2 is 1.95 bits per heavy atom. The molecule has 0 saturated carbocycles. The molecular formula is C23H38N3O9PS. The zero-order valence-electron chi connectivity index (χ0n) is 22.3. The summed E-state index contributed by atoms with van der Waals surface area (Å²) < 4.78 is 37.1. The van der Waals surface area contributed by atoms with Crippen molar-refractivity contribution in [2.45, 2.75) is 79.4 Å². The third-order valence-electron chi connectivity index (χ3n) is 5.26. The molecule has 210 valence electrons. The number of hydrogen-bond acceptors (Lipinski definition) is 10. The lowest BCUT2D eigenvalue weighted by Gasteiger charge is -2.24. The molecule has 0 bridgehead atoms. The van der Waals surface area contributed by atoms with E-state index in [0.717, 1.165) is 11.8 Å². The number of thioether (sulfide) groups is 1. The number of rotatable bonds is 12. The van der Waals surface area contributed by atoms with Crippen LogP contribution in [0, 0.1) is 11.3 Å². The summed E-state index contributed by atoms with van der Waals surface area (Å²) in [4.78, 5) is 50.2. The number of aromatic nitrogens is 2. The lowest BCUT2D eigenvalue weighted by Crippen LogP contribution is -2.36. The van der Waals surface area contributed by atoms with Gasteiger partial charge in [0.25, 0.3) is 5.56 Å². The van der Waals surface area contributed by atoms with Crippen molar-refractivity contribution in [3.05, 3.63) is 33.1 Å². The minimum atomic E-state index is -4.02. The molecule has 0 spiro atoms. The highest BCUT2D eigenvalue weighted by Crippen LogP contribution is 2.46. The zero-order chi connectivity index (χ0) is 28.0. The van der Waals surface area contributed by atoms with Crippen LogP contribution in [0.5, 0.6) is 0 Å². The highest BCUT2D eigenvalue weighted by molar-refractivity contribution is 8.13. The van der Waals surface area contributed by atoms with Gasteiger partial charge < -0.3 is 9.47 Å². The number of nitrogens with one attached hydrogen (secondary N) is 2. The van der Waals surface area contributed by atoms with E-state index in [4.69, 9.17) is 18.5 Å². The SMILES string of the molecule is CC(C)OC(=O)C(C)NP(=O)(OCCSC(=O)C(C)(C)C)OC[C@@H]1C[C@H](C)[C@H](n2ccc(=O)[nH]c2=O)O1. The Morgan fingerprint density at radius 3 is 2.54 bits per heavy atom. The molecule has 2 rings (SSSR count). The van der Waals surface area contributed by atoms with Crippen LogP contribution in [0.4, 0.5) is 0 Å². The lowest BCUT2D eigenvalue weighted by atomic mass is 10.00. The van der Waals surface area contributed by atoms with Gasteiger partial charge in [0.1, 0.15) is 12.3 Å². The number of ether oxygens (including phenoxy) is 2. The van der Waals surface area contributed by atoms with Gasteiger partial charge in [-0.15, -0.1) is 0 Å². The third-order valence-corrected chi connectivity index (χ3v) is 8.22. The Hall–Kier alpha value is -1.76. The van der Waals surface area contributed by atoms with Crippen molar-refractivity contribution < 1.29 is 32.7 Å². The number of esters is 1. The van der Waals surface area contributed by atoms with Gasteiger partial charge in [0.15, 0.2) is 5.12 Å². The van der Waals surface area contributed by atoms with Crippen LogP contribution in [0.15, 0.2) is 21.9 Å². The molecule has 1 aliphatic heterocycles. The van der Waals surface area contributed by atoms with Crippen LogP contribution in [-0.4, -0.2) is 57.9 Å². The zero-order valence-corrected chi connectivity index (χ0v) is 24.1. The van der Waals surface area contributed by atoms with Crippen molar-refractivity contribution in [1.82, 2.24) is 14.6 Å². The number of H-pyrrole nitrogens is 1. The standard InChI is InChI=1S/C23H38N3O9PS/c1-14(2)34-20(28)16(4)25-36(31,32-10-11-37-21(29)23(5,6)7)33-13-17-12-15(3)19(35-17)26-9-8-18(27)24-22(26)30/h8-9,14-17,19H,10-13H2,1-7H3,(H,25,31)(H,24,27,30)/t15-,16?,17-,19+,36?/m0/s1. The number of carbonyl (C=O) groups excluding carboxylic acids is 2. The molecule has 0 aromatic carbocycles. The predicted octanol–water partition coefficient (Wildman–Crippen LogP) is 2.84. The second-order valence-electron chi connectivity index (χ2n) is 10.2. The van der Waals surface area contributed by atoms with Crippen LogP contribution < -0.4 is 16.3 Å². The van der Waals surface area contributed by atoms with Crippen LogP contribution in [0.25, 0.3) is 0 Å². The Kier molecular flexibility index (Phi) is 11.3. The summed E-state index contributed by atoms with van der Waals surface area (Å²) in [5.74, 6) is -0.488.